The first-order valence-electron chi connectivity index (χ1n) is 8.16. The van der Waals surface area contributed by atoms with E-state index in [1.807, 2.05) is 30.3 Å². The van der Waals surface area contributed by atoms with Crippen LogP contribution in [-0.2, 0) is 17.6 Å². The topological polar surface area (TPSA) is 80.1 Å². The Balaban J connectivity index is 0.00000208. The fourth-order valence-corrected chi connectivity index (χ4v) is 2.86. The maximum absolute atomic E-state index is 12.0. The molecule has 2 N–H and O–H groups in total. The molecule has 0 radical (unpaired) electrons. The van der Waals surface area contributed by atoms with E-state index in [4.69, 9.17) is 4.52 Å². The highest BCUT2D eigenvalue weighted by atomic mass is 35.5. The Morgan fingerprint density at radius 3 is 2.92 bits per heavy atom. The van der Waals surface area contributed by atoms with E-state index < -0.39 is 0 Å². The van der Waals surface area contributed by atoms with Crippen LogP contribution in [0.5, 0.6) is 0 Å². The van der Waals surface area contributed by atoms with Crippen LogP contribution in [0.2, 0.25) is 0 Å². The van der Waals surface area contributed by atoms with Crippen LogP contribution in [-0.4, -0.2) is 29.1 Å². The molecule has 1 aromatic heterocycles. The zero-order chi connectivity index (χ0) is 15.9. The number of benzene rings is 1. The van der Waals surface area contributed by atoms with Crippen LogP contribution in [0.3, 0.4) is 0 Å². The number of carbonyl (C=O) groups excluding carboxylic acids is 1. The SMILES string of the molecule is Cl.O=C(Cc1noc(CC2CCCNCC2)n1)Nc1ccccc1. The number of hydrogen-bond acceptors (Lipinski definition) is 5. The van der Waals surface area contributed by atoms with Gasteiger partial charge in [0.2, 0.25) is 11.8 Å². The first kappa shape index (κ1) is 18.4. The molecule has 0 saturated carbocycles. The molecule has 1 fully saturated rings. The first-order valence-corrected chi connectivity index (χ1v) is 8.16. The molecular weight excluding hydrogens is 328 g/mol. The lowest BCUT2D eigenvalue weighted by Crippen LogP contribution is -2.15. The van der Waals surface area contributed by atoms with Gasteiger partial charge >= 0.3 is 0 Å². The van der Waals surface area contributed by atoms with Gasteiger partial charge < -0.3 is 15.2 Å². The summed E-state index contributed by atoms with van der Waals surface area (Å²) in [5.74, 6) is 1.53. The first-order chi connectivity index (χ1) is 11.3. The Bertz CT molecular complexity index is 625. The van der Waals surface area contributed by atoms with Crippen LogP contribution in [0, 0.1) is 5.92 Å². The predicted molar refractivity (Wildman–Crippen MR) is 94.2 cm³/mol. The largest absolute Gasteiger partial charge is 0.339 e. The summed E-state index contributed by atoms with van der Waals surface area (Å²) in [6.45, 7) is 2.14. The van der Waals surface area contributed by atoms with E-state index >= 15 is 0 Å². The molecule has 7 heteroatoms. The molecule has 2 heterocycles. The van der Waals surface area contributed by atoms with E-state index in [-0.39, 0.29) is 24.7 Å². The molecule has 0 bridgehead atoms. The Labute approximate surface area is 147 Å². The molecule has 1 unspecified atom stereocenters. The molecular formula is C17H23ClN4O2. The molecule has 1 saturated heterocycles. The molecule has 0 aliphatic carbocycles. The zero-order valence-electron chi connectivity index (χ0n) is 13.5. The van der Waals surface area contributed by atoms with Crippen molar-refractivity contribution in [3.8, 4) is 0 Å². The molecule has 1 aliphatic rings. The van der Waals surface area contributed by atoms with Crippen molar-refractivity contribution < 1.29 is 9.32 Å². The van der Waals surface area contributed by atoms with Crippen molar-refractivity contribution in [3.63, 3.8) is 0 Å². The summed E-state index contributed by atoms with van der Waals surface area (Å²) in [5.41, 5.74) is 0.771. The van der Waals surface area contributed by atoms with E-state index in [1.54, 1.807) is 0 Å². The summed E-state index contributed by atoms with van der Waals surface area (Å²) in [4.78, 5) is 16.3. The smallest absolute Gasteiger partial charge is 0.232 e. The van der Waals surface area contributed by atoms with Gasteiger partial charge in [-0.05, 0) is 50.4 Å². The number of hydrogen-bond donors (Lipinski definition) is 2. The standard InChI is InChI=1S/C17H22N4O2.ClH/c22-16(19-14-6-2-1-3-7-14)12-15-20-17(23-21-15)11-13-5-4-9-18-10-8-13;/h1-3,6-7,13,18H,4-5,8-12H2,(H,19,22);1H. The highest BCUT2D eigenvalue weighted by Gasteiger charge is 2.17. The maximum Gasteiger partial charge on any atom is 0.232 e. The number of para-hydroxylation sites is 1. The summed E-state index contributed by atoms with van der Waals surface area (Å²) in [6.07, 6.45) is 4.43. The third-order valence-electron chi connectivity index (χ3n) is 4.04. The number of carbonyl (C=O) groups is 1. The van der Waals surface area contributed by atoms with Crippen LogP contribution < -0.4 is 10.6 Å². The van der Waals surface area contributed by atoms with Crippen LogP contribution in [0.4, 0.5) is 5.69 Å². The quantitative estimate of drug-likeness (QED) is 0.866. The number of nitrogens with zero attached hydrogens (tertiary/aromatic N) is 2. The van der Waals surface area contributed by atoms with E-state index in [0.717, 1.165) is 31.6 Å². The highest BCUT2D eigenvalue weighted by Crippen LogP contribution is 2.18. The second-order valence-corrected chi connectivity index (χ2v) is 5.95. The summed E-state index contributed by atoms with van der Waals surface area (Å²) in [6, 6.07) is 9.36. The molecule has 3 rings (SSSR count). The minimum absolute atomic E-state index is 0. The average Bonchev–Trinajstić information content (AvgIpc) is 2.81. The molecule has 0 spiro atoms. The Kier molecular flexibility index (Phi) is 7.21. The fourth-order valence-electron chi connectivity index (χ4n) is 2.86. The van der Waals surface area contributed by atoms with Gasteiger partial charge in [-0.15, -0.1) is 12.4 Å². The van der Waals surface area contributed by atoms with Crippen molar-refractivity contribution in [2.24, 2.45) is 5.92 Å². The molecule has 24 heavy (non-hydrogen) atoms. The van der Waals surface area contributed by atoms with E-state index in [2.05, 4.69) is 20.8 Å². The lowest BCUT2D eigenvalue weighted by molar-refractivity contribution is -0.115. The third kappa shape index (κ3) is 5.62. The van der Waals surface area contributed by atoms with Crippen LogP contribution in [0.15, 0.2) is 34.9 Å². The molecule has 1 amide bonds. The fraction of sp³-hybridized carbons (Fsp3) is 0.471. The molecule has 1 aliphatic heterocycles. The number of anilines is 1. The van der Waals surface area contributed by atoms with Gasteiger partial charge in [0.05, 0.1) is 6.42 Å². The minimum Gasteiger partial charge on any atom is -0.339 e. The Morgan fingerprint density at radius 2 is 2.08 bits per heavy atom. The normalized spacial score (nSPS) is 17.6. The van der Waals surface area contributed by atoms with Gasteiger partial charge in [0, 0.05) is 12.1 Å². The Morgan fingerprint density at radius 1 is 1.25 bits per heavy atom. The van der Waals surface area contributed by atoms with Crippen molar-refractivity contribution in [2.75, 3.05) is 18.4 Å². The third-order valence-corrected chi connectivity index (χ3v) is 4.04. The second-order valence-electron chi connectivity index (χ2n) is 5.95. The number of rotatable bonds is 5. The number of nitrogens with one attached hydrogen (secondary N) is 2. The van der Waals surface area contributed by atoms with Gasteiger partial charge in [0.15, 0.2) is 5.82 Å². The van der Waals surface area contributed by atoms with Crippen molar-refractivity contribution in [3.05, 3.63) is 42.0 Å². The second kappa shape index (κ2) is 9.39. The number of halogens is 1. The molecule has 6 nitrogen and oxygen atoms in total. The van der Waals surface area contributed by atoms with E-state index in [9.17, 15) is 4.79 Å². The zero-order valence-corrected chi connectivity index (χ0v) is 14.3. The minimum atomic E-state index is -0.137. The predicted octanol–water partition coefficient (Wildman–Crippen LogP) is 2.60. The lowest BCUT2D eigenvalue weighted by atomic mass is 9.97. The van der Waals surface area contributed by atoms with Crippen LogP contribution >= 0.6 is 12.4 Å². The summed E-state index contributed by atoms with van der Waals surface area (Å²) < 4.78 is 5.30. The van der Waals surface area contributed by atoms with Gasteiger partial charge in [-0.1, -0.05) is 23.4 Å². The van der Waals surface area contributed by atoms with E-state index in [1.165, 1.54) is 12.8 Å². The van der Waals surface area contributed by atoms with Gasteiger partial charge in [-0.2, -0.15) is 4.98 Å². The van der Waals surface area contributed by atoms with E-state index in [0.29, 0.717) is 17.6 Å². The lowest BCUT2D eigenvalue weighted by Gasteiger charge is -2.09. The van der Waals surface area contributed by atoms with Crippen molar-refractivity contribution in [1.82, 2.24) is 15.5 Å². The summed E-state index contributed by atoms with van der Waals surface area (Å²) >= 11 is 0. The van der Waals surface area contributed by atoms with Crippen LogP contribution in [0.25, 0.3) is 0 Å². The van der Waals surface area contributed by atoms with Gasteiger partial charge in [0.1, 0.15) is 0 Å². The monoisotopic (exact) mass is 350 g/mol. The van der Waals surface area contributed by atoms with Crippen molar-refractivity contribution >= 4 is 24.0 Å². The molecule has 2 aromatic rings. The van der Waals surface area contributed by atoms with Crippen LogP contribution in [0.1, 0.15) is 31.0 Å². The molecule has 130 valence electrons. The summed E-state index contributed by atoms with van der Waals surface area (Å²) in [7, 11) is 0. The molecule has 1 atom stereocenters. The Hall–Kier alpha value is -1.92. The highest BCUT2D eigenvalue weighted by molar-refractivity contribution is 5.91. The average molecular weight is 351 g/mol. The van der Waals surface area contributed by atoms with Crippen molar-refractivity contribution in [1.29, 1.82) is 0 Å². The molecule has 1 aromatic carbocycles. The van der Waals surface area contributed by atoms with Crippen molar-refractivity contribution in [2.45, 2.75) is 32.1 Å². The van der Waals surface area contributed by atoms with Gasteiger partial charge in [0.25, 0.3) is 0 Å². The summed E-state index contributed by atoms with van der Waals surface area (Å²) in [5, 5.41) is 10.1. The number of amides is 1. The van der Waals surface area contributed by atoms with Gasteiger partial charge in [-0.25, -0.2) is 0 Å². The maximum atomic E-state index is 12.0. The van der Waals surface area contributed by atoms with Gasteiger partial charge in [-0.3, -0.25) is 4.79 Å². The number of aromatic nitrogens is 2.